The first-order valence-electron chi connectivity index (χ1n) is 13.0. The molecule has 0 bridgehead atoms. The maximum absolute atomic E-state index is 13.7. The summed E-state index contributed by atoms with van der Waals surface area (Å²) in [5.41, 5.74) is 4.35. The number of nitrogens with one attached hydrogen (secondary N) is 1. The SMILES string of the molecule is CCOC(=O)c1cc2c(c(Nc3ccccc3)c1)OCC1=CC[C@H]3C(=O)N(c4ccccc4)C(=O)[C@H]3[C@H]1C2. The van der Waals surface area contributed by atoms with Crippen LogP contribution in [0.15, 0.2) is 84.4 Å². The van der Waals surface area contributed by atoms with Gasteiger partial charge in [0.1, 0.15) is 12.4 Å². The van der Waals surface area contributed by atoms with Gasteiger partial charge in [0.2, 0.25) is 11.8 Å². The number of hydrogen-bond donors (Lipinski definition) is 1. The van der Waals surface area contributed by atoms with Crippen molar-refractivity contribution >= 4 is 34.8 Å². The van der Waals surface area contributed by atoms with E-state index in [0.717, 1.165) is 16.8 Å². The van der Waals surface area contributed by atoms with Gasteiger partial charge in [0, 0.05) is 5.69 Å². The van der Waals surface area contributed by atoms with Gasteiger partial charge in [-0.05, 0) is 73.2 Å². The van der Waals surface area contributed by atoms with Crippen LogP contribution in [0.25, 0.3) is 0 Å². The molecule has 1 saturated heterocycles. The molecule has 0 spiro atoms. The summed E-state index contributed by atoms with van der Waals surface area (Å²) in [6.45, 7) is 2.35. The van der Waals surface area contributed by atoms with Crippen molar-refractivity contribution in [1.29, 1.82) is 0 Å². The van der Waals surface area contributed by atoms with E-state index in [0.29, 0.717) is 42.1 Å². The molecule has 3 aromatic rings. The number of benzene rings is 3. The molecule has 2 amide bonds. The summed E-state index contributed by atoms with van der Waals surface area (Å²) in [4.78, 5) is 41.3. The molecule has 6 rings (SSSR count). The summed E-state index contributed by atoms with van der Waals surface area (Å²) >= 11 is 0. The first-order chi connectivity index (χ1) is 18.5. The number of nitrogens with zero attached hydrogens (tertiary/aromatic N) is 1. The zero-order chi connectivity index (χ0) is 26.2. The molecule has 1 aliphatic carbocycles. The number of anilines is 3. The number of allylic oxidation sites excluding steroid dienone is 1. The van der Waals surface area contributed by atoms with E-state index in [1.54, 1.807) is 31.2 Å². The number of amides is 2. The average Bonchev–Trinajstić information content (AvgIpc) is 3.07. The third kappa shape index (κ3) is 4.14. The summed E-state index contributed by atoms with van der Waals surface area (Å²) < 4.78 is 11.6. The van der Waals surface area contributed by atoms with Crippen LogP contribution in [0.4, 0.5) is 17.1 Å². The van der Waals surface area contributed by atoms with Gasteiger partial charge in [-0.3, -0.25) is 14.5 Å². The molecule has 0 saturated carbocycles. The van der Waals surface area contributed by atoms with Gasteiger partial charge < -0.3 is 14.8 Å². The van der Waals surface area contributed by atoms with Crippen LogP contribution in [-0.4, -0.2) is 31.0 Å². The van der Waals surface area contributed by atoms with Crippen molar-refractivity contribution in [1.82, 2.24) is 0 Å². The normalized spacial score (nSPS) is 21.9. The van der Waals surface area contributed by atoms with E-state index in [9.17, 15) is 14.4 Å². The number of fused-ring (bicyclic) bond motifs is 4. The highest BCUT2D eigenvalue weighted by Crippen LogP contribution is 2.48. The van der Waals surface area contributed by atoms with Crippen LogP contribution in [0, 0.1) is 17.8 Å². The van der Waals surface area contributed by atoms with E-state index in [4.69, 9.17) is 9.47 Å². The van der Waals surface area contributed by atoms with Crippen LogP contribution >= 0.6 is 0 Å². The second-order valence-electron chi connectivity index (χ2n) is 9.82. The second kappa shape index (κ2) is 9.82. The quantitative estimate of drug-likeness (QED) is 0.286. The number of esters is 1. The zero-order valence-corrected chi connectivity index (χ0v) is 21.1. The lowest BCUT2D eigenvalue weighted by Gasteiger charge is -2.30. The van der Waals surface area contributed by atoms with E-state index in [1.807, 2.05) is 48.5 Å². The molecular formula is C31H28N2O5. The Bertz CT molecular complexity index is 1430. The first kappa shape index (κ1) is 24.0. The monoisotopic (exact) mass is 508 g/mol. The molecular weight excluding hydrogens is 480 g/mol. The number of imide groups is 1. The highest BCUT2D eigenvalue weighted by atomic mass is 16.5. The maximum atomic E-state index is 13.7. The minimum atomic E-state index is -0.478. The lowest BCUT2D eigenvalue weighted by molar-refractivity contribution is -0.122. The molecule has 192 valence electrons. The van der Waals surface area contributed by atoms with E-state index in [1.165, 1.54) is 4.90 Å². The van der Waals surface area contributed by atoms with Crippen molar-refractivity contribution in [2.45, 2.75) is 19.8 Å². The predicted molar refractivity (Wildman–Crippen MR) is 143 cm³/mol. The van der Waals surface area contributed by atoms with Gasteiger partial charge in [-0.25, -0.2) is 4.79 Å². The molecule has 2 heterocycles. The Morgan fingerprint density at radius 1 is 1.00 bits per heavy atom. The predicted octanol–water partition coefficient (Wildman–Crippen LogP) is 5.29. The van der Waals surface area contributed by atoms with Gasteiger partial charge in [-0.2, -0.15) is 0 Å². The number of hydrogen-bond acceptors (Lipinski definition) is 6. The molecule has 7 heteroatoms. The smallest absolute Gasteiger partial charge is 0.338 e. The van der Waals surface area contributed by atoms with Crippen molar-refractivity contribution in [3.8, 4) is 5.75 Å². The molecule has 0 aromatic heterocycles. The molecule has 1 N–H and O–H groups in total. The molecule has 38 heavy (non-hydrogen) atoms. The van der Waals surface area contributed by atoms with E-state index < -0.39 is 17.8 Å². The van der Waals surface area contributed by atoms with Gasteiger partial charge in [-0.1, -0.05) is 42.5 Å². The number of ether oxygens (including phenoxy) is 2. The third-order valence-electron chi connectivity index (χ3n) is 7.59. The molecule has 3 atom stereocenters. The van der Waals surface area contributed by atoms with Crippen molar-refractivity contribution in [3.63, 3.8) is 0 Å². The average molecular weight is 509 g/mol. The van der Waals surface area contributed by atoms with Crippen molar-refractivity contribution in [2.75, 3.05) is 23.4 Å². The summed E-state index contributed by atoms with van der Waals surface area (Å²) in [6.07, 6.45) is 3.04. The van der Waals surface area contributed by atoms with Crippen LogP contribution in [0.1, 0.15) is 29.3 Å². The van der Waals surface area contributed by atoms with Crippen LogP contribution in [0.5, 0.6) is 5.75 Å². The van der Waals surface area contributed by atoms with Gasteiger partial charge >= 0.3 is 5.97 Å². The lowest BCUT2D eigenvalue weighted by Crippen LogP contribution is -2.34. The van der Waals surface area contributed by atoms with Gasteiger partial charge in [-0.15, -0.1) is 0 Å². The van der Waals surface area contributed by atoms with Gasteiger partial charge in [0.05, 0.1) is 35.4 Å². The standard InChI is InChI=1S/C31H28N2O5/c1-2-37-31(36)21-15-20-16-25-19(18-38-28(20)26(17-21)32-22-9-5-3-6-10-22)13-14-24-27(25)30(35)33(29(24)34)23-11-7-4-8-12-23/h3-13,15,17,24-25,27,32H,2,14,16,18H2,1H3/t24-,25+,27-/m1/s1. The summed E-state index contributed by atoms with van der Waals surface area (Å²) in [6, 6.07) is 22.3. The van der Waals surface area contributed by atoms with Gasteiger partial charge in [0.25, 0.3) is 0 Å². The van der Waals surface area contributed by atoms with Crippen molar-refractivity contribution in [3.05, 3.63) is 95.6 Å². The van der Waals surface area contributed by atoms with Crippen LogP contribution in [-0.2, 0) is 20.7 Å². The molecule has 7 nitrogen and oxygen atoms in total. The Hall–Kier alpha value is -4.39. The van der Waals surface area contributed by atoms with Crippen LogP contribution in [0.2, 0.25) is 0 Å². The molecule has 0 unspecified atom stereocenters. The van der Waals surface area contributed by atoms with E-state index in [2.05, 4.69) is 11.4 Å². The zero-order valence-electron chi connectivity index (χ0n) is 21.1. The van der Waals surface area contributed by atoms with Gasteiger partial charge in [0.15, 0.2) is 0 Å². The minimum absolute atomic E-state index is 0.154. The molecule has 2 aliphatic heterocycles. The van der Waals surface area contributed by atoms with Crippen LogP contribution in [0.3, 0.4) is 0 Å². The van der Waals surface area contributed by atoms with Crippen molar-refractivity contribution in [2.24, 2.45) is 17.8 Å². The number of carbonyl (C=O) groups is 3. The Morgan fingerprint density at radius 3 is 2.47 bits per heavy atom. The fraction of sp³-hybridized carbons (Fsp3) is 0.258. The fourth-order valence-corrected chi connectivity index (χ4v) is 5.87. The fourth-order valence-electron chi connectivity index (χ4n) is 5.87. The summed E-state index contributed by atoms with van der Waals surface area (Å²) in [5, 5.41) is 3.39. The highest BCUT2D eigenvalue weighted by Gasteiger charge is 2.53. The summed E-state index contributed by atoms with van der Waals surface area (Å²) in [7, 11) is 0. The minimum Gasteiger partial charge on any atom is -0.487 e. The lowest BCUT2D eigenvalue weighted by atomic mass is 9.71. The topological polar surface area (TPSA) is 84.9 Å². The Balaban J connectivity index is 1.39. The summed E-state index contributed by atoms with van der Waals surface area (Å²) in [5.74, 6) is -1.20. The first-order valence-corrected chi connectivity index (χ1v) is 13.0. The maximum Gasteiger partial charge on any atom is 0.338 e. The Kier molecular flexibility index (Phi) is 6.19. The van der Waals surface area contributed by atoms with Crippen molar-refractivity contribution < 1.29 is 23.9 Å². The molecule has 1 fully saturated rings. The third-order valence-corrected chi connectivity index (χ3v) is 7.59. The number of para-hydroxylation sites is 2. The Labute approximate surface area is 221 Å². The molecule has 0 radical (unpaired) electrons. The second-order valence-corrected chi connectivity index (χ2v) is 9.82. The van der Waals surface area contributed by atoms with E-state index in [-0.39, 0.29) is 24.3 Å². The Morgan fingerprint density at radius 2 is 1.74 bits per heavy atom. The highest BCUT2D eigenvalue weighted by molar-refractivity contribution is 6.22. The molecule has 3 aliphatic rings. The number of rotatable bonds is 5. The van der Waals surface area contributed by atoms with E-state index >= 15 is 0 Å². The van der Waals surface area contributed by atoms with Crippen LogP contribution < -0.4 is 15.0 Å². The largest absolute Gasteiger partial charge is 0.487 e. The number of carbonyl (C=O) groups excluding carboxylic acids is 3. The molecule has 3 aromatic carbocycles.